The first kappa shape index (κ1) is 30.6. The zero-order valence-corrected chi connectivity index (χ0v) is 27.0. The Labute approximate surface area is 272 Å². The molecule has 2 amide bonds. The molecule has 0 spiro atoms. The molecule has 0 fully saturated rings. The van der Waals surface area contributed by atoms with Crippen molar-refractivity contribution in [2.45, 2.75) is 31.1 Å². The number of thioether (sulfide) groups is 1. The molecular formula is C32H30N6O4S3. The Hall–Kier alpha value is -4.46. The molecule has 3 aromatic heterocycles. The number of amides is 2. The Bertz CT molecular complexity index is 1770. The lowest BCUT2D eigenvalue weighted by Gasteiger charge is -2.22. The molecular weight excluding hydrogens is 629 g/mol. The number of aromatic nitrogens is 3. The molecule has 1 N–H and O–H groups in total. The van der Waals surface area contributed by atoms with E-state index in [2.05, 4.69) is 15.5 Å². The van der Waals surface area contributed by atoms with Crippen molar-refractivity contribution in [3.8, 4) is 17.2 Å². The summed E-state index contributed by atoms with van der Waals surface area (Å²) < 4.78 is 12.8. The van der Waals surface area contributed by atoms with Gasteiger partial charge < -0.3 is 14.8 Å². The van der Waals surface area contributed by atoms with Gasteiger partial charge in [0.1, 0.15) is 11.5 Å². The second-order valence-electron chi connectivity index (χ2n) is 9.87. The summed E-state index contributed by atoms with van der Waals surface area (Å²) in [7, 11) is 1.63. The van der Waals surface area contributed by atoms with Crippen LogP contribution in [-0.4, -0.2) is 56.8 Å². The molecule has 4 heterocycles. The fourth-order valence-corrected chi connectivity index (χ4v) is 7.07. The highest BCUT2D eigenvalue weighted by molar-refractivity contribution is 7.99. The fourth-order valence-electron chi connectivity index (χ4n) is 4.89. The van der Waals surface area contributed by atoms with E-state index < -0.39 is 0 Å². The highest BCUT2D eigenvalue weighted by Gasteiger charge is 2.33. The standard InChI is InChI=1S/C32H30N6O4S3/c1-3-42-24-14-10-22(11-15-24)37-29(19-33-31(40)28-7-5-17-44-28)34-35-32(37)45-20-30(39)38-26(21-8-12-23(41-2)13-9-21)18-25(36-38)27-6-4-16-43-27/h4-17,26H,3,18-20H2,1-2H3,(H,33,40). The van der Waals surface area contributed by atoms with Crippen molar-refractivity contribution in [1.82, 2.24) is 25.1 Å². The third-order valence-corrected chi connectivity index (χ3v) is 9.76. The summed E-state index contributed by atoms with van der Waals surface area (Å²) in [5.41, 5.74) is 2.64. The lowest BCUT2D eigenvalue weighted by molar-refractivity contribution is -0.130. The van der Waals surface area contributed by atoms with E-state index >= 15 is 0 Å². The van der Waals surface area contributed by atoms with Crippen molar-refractivity contribution >= 4 is 52.0 Å². The van der Waals surface area contributed by atoms with Gasteiger partial charge in [-0.1, -0.05) is 36.0 Å². The van der Waals surface area contributed by atoms with Crippen LogP contribution in [0.5, 0.6) is 11.5 Å². The van der Waals surface area contributed by atoms with E-state index in [1.807, 2.05) is 89.0 Å². The lowest BCUT2D eigenvalue weighted by atomic mass is 10.0. The summed E-state index contributed by atoms with van der Waals surface area (Å²) in [5, 5.41) is 22.5. The minimum Gasteiger partial charge on any atom is -0.497 e. The van der Waals surface area contributed by atoms with Gasteiger partial charge in [-0.15, -0.1) is 32.9 Å². The second-order valence-corrected chi connectivity index (χ2v) is 12.7. The van der Waals surface area contributed by atoms with Crippen LogP contribution in [-0.2, 0) is 11.3 Å². The number of hydrazone groups is 1. The lowest BCUT2D eigenvalue weighted by Crippen LogP contribution is -2.28. The summed E-state index contributed by atoms with van der Waals surface area (Å²) in [6.45, 7) is 2.65. The van der Waals surface area contributed by atoms with E-state index in [0.717, 1.165) is 33.3 Å². The number of methoxy groups -OCH3 is 1. The Balaban J connectivity index is 1.24. The molecule has 0 saturated heterocycles. The minimum absolute atomic E-state index is 0.0879. The topological polar surface area (TPSA) is 111 Å². The molecule has 1 unspecified atom stereocenters. The van der Waals surface area contributed by atoms with Crippen LogP contribution >= 0.6 is 34.4 Å². The van der Waals surface area contributed by atoms with Crippen LogP contribution in [0.1, 0.15) is 45.3 Å². The van der Waals surface area contributed by atoms with Crippen LogP contribution in [0.2, 0.25) is 0 Å². The van der Waals surface area contributed by atoms with Crippen LogP contribution < -0.4 is 14.8 Å². The smallest absolute Gasteiger partial charge is 0.261 e. The molecule has 10 nitrogen and oxygen atoms in total. The largest absolute Gasteiger partial charge is 0.497 e. The maximum atomic E-state index is 13.8. The van der Waals surface area contributed by atoms with Crippen molar-refractivity contribution in [1.29, 1.82) is 0 Å². The summed E-state index contributed by atoms with van der Waals surface area (Å²) >= 11 is 4.25. The fraction of sp³-hybridized carbons (Fsp3) is 0.219. The Morgan fingerprint density at radius 1 is 0.978 bits per heavy atom. The van der Waals surface area contributed by atoms with Crippen LogP contribution in [0.15, 0.2) is 93.8 Å². The van der Waals surface area contributed by atoms with Gasteiger partial charge in [0.25, 0.3) is 11.8 Å². The Morgan fingerprint density at radius 3 is 2.42 bits per heavy atom. The van der Waals surface area contributed by atoms with Gasteiger partial charge in [-0.05, 0) is 71.8 Å². The van der Waals surface area contributed by atoms with Crippen LogP contribution in [0.25, 0.3) is 5.69 Å². The number of carbonyl (C=O) groups excluding carboxylic acids is 2. The zero-order chi connectivity index (χ0) is 31.2. The summed E-state index contributed by atoms with van der Waals surface area (Å²) in [5.74, 6) is 1.78. The molecule has 0 aliphatic carbocycles. The number of rotatable bonds is 12. The highest BCUT2D eigenvalue weighted by atomic mass is 32.2. The number of carbonyl (C=O) groups is 2. The molecule has 1 atom stereocenters. The van der Waals surface area contributed by atoms with Gasteiger partial charge in [0, 0.05) is 12.1 Å². The quantitative estimate of drug-likeness (QED) is 0.159. The first-order chi connectivity index (χ1) is 22.0. The van der Waals surface area contributed by atoms with Crippen LogP contribution in [0.3, 0.4) is 0 Å². The van der Waals surface area contributed by atoms with Crippen LogP contribution in [0, 0.1) is 0 Å². The van der Waals surface area contributed by atoms with Crippen molar-refractivity contribution in [2.24, 2.45) is 5.10 Å². The minimum atomic E-state index is -0.242. The average molecular weight is 659 g/mol. The number of hydrogen-bond acceptors (Lipinski definition) is 10. The number of nitrogens with one attached hydrogen (secondary N) is 1. The van der Waals surface area contributed by atoms with E-state index in [1.54, 1.807) is 29.5 Å². The third kappa shape index (κ3) is 6.95. The molecule has 0 bridgehead atoms. The van der Waals surface area contributed by atoms with E-state index in [4.69, 9.17) is 14.6 Å². The number of nitrogens with zero attached hydrogens (tertiary/aromatic N) is 5. The number of benzene rings is 2. The van der Waals surface area contributed by atoms with Gasteiger partial charge >= 0.3 is 0 Å². The first-order valence-corrected chi connectivity index (χ1v) is 17.0. The summed E-state index contributed by atoms with van der Waals surface area (Å²) in [6, 6.07) is 22.7. The normalized spacial score (nSPS) is 14.3. The third-order valence-electron chi connectivity index (χ3n) is 7.06. The van der Waals surface area contributed by atoms with Gasteiger partial charge in [-0.25, -0.2) is 5.01 Å². The van der Waals surface area contributed by atoms with E-state index in [-0.39, 0.29) is 30.2 Å². The van der Waals surface area contributed by atoms with E-state index in [1.165, 1.54) is 23.1 Å². The van der Waals surface area contributed by atoms with Gasteiger partial charge in [-0.3, -0.25) is 14.2 Å². The molecule has 1 aliphatic heterocycles. The molecule has 6 rings (SSSR count). The average Bonchev–Trinajstić information content (AvgIpc) is 3.90. The predicted molar refractivity (Wildman–Crippen MR) is 177 cm³/mol. The predicted octanol–water partition coefficient (Wildman–Crippen LogP) is 6.20. The summed E-state index contributed by atoms with van der Waals surface area (Å²) in [6.07, 6.45) is 0.611. The first-order valence-electron chi connectivity index (χ1n) is 14.2. The van der Waals surface area contributed by atoms with Gasteiger partial charge in [0.15, 0.2) is 11.0 Å². The highest BCUT2D eigenvalue weighted by Crippen LogP contribution is 2.35. The Kier molecular flexibility index (Phi) is 9.58. The van der Waals surface area contributed by atoms with Crippen molar-refractivity contribution in [3.05, 3.63) is 105 Å². The Morgan fingerprint density at radius 2 is 1.73 bits per heavy atom. The van der Waals surface area contributed by atoms with Crippen molar-refractivity contribution in [3.63, 3.8) is 0 Å². The van der Waals surface area contributed by atoms with Crippen molar-refractivity contribution in [2.75, 3.05) is 19.5 Å². The van der Waals surface area contributed by atoms with Gasteiger partial charge in [0.2, 0.25) is 0 Å². The van der Waals surface area contributed by atoms with Crippen LogP contribution in [0.4, 0.5) is 0 Å². The van der Waals surface area contributed by atoms with E-state index in [9.17, 15) is 9.59 Å². The van der Waals surface area contributed by atoms with Crippen molar-refractivity contribution < 1.29 is 19.1 Å². The molecule has 2 aromatic carbocycles. The molecule has 13 heteroatoms. The van der Waals surface area contributed by atoms with Gasteiger partial charge in [-0.2, -0.15) is 5.10 Å². The maximum Gasteiger partial charge on any atom is 0.261 e. The SMILES string of the molecule is CCOc1ccc(-n2c(CNC(=O)c3cccs3)nnc2SCC(=O)N2N=C(c3cccs3)CC2c2ccc(OC)cc2)cc1. The second kappa shape index (κ2) is 14.1. The molecule has 5 aromatic rings. The summed E-state index contributed by atoms with van der Waals surface area (Å²) in [4.78, 5) is 28.1. The molecule has 0 radical (unpaired) electrons. The number of ether oxygens (including phenoxy) is 2. The molecule has 1 aliphatic rings. The number of hydrogen-bond donors (Lipinski definition) is 1. The monoisotopic (exact) mass is 658 g/mol. The molecule has 45 heavy (non-hydrogen) atoms. The number of thiophene rings is 2. The zero-order valence-electron chi connectivity index (χ0n) is 24.6. The molecule has 0 saturated carbocycles. The molecule has 230 valence electrons. The van der Waals surface area contributed by atoms with Gasteiger partial charge in [0.05, 0.1) is 47.5 Å². The van der Waals surface area contributed by atoms with E-state index in [0.29, 0.717) is 28.9 Å². The maximum absolute atomic E-state index is 13.8.